The number of hydrogen-bond donors (Lipinski definition) is 1. The van der Waals surface area contributed by atoms with Crippen molar-refractivity contribution in [2.24, 2.45) is 17.3 Å². The molecule has 3 aliphatic rings. The van der Waals surface area contributed by atoms with Crippen molar-refractivity contribution >= 4 is 0 Å². The van der Waals surface area contributed by atoms with Crippen LogP contribution in [-0.4, -0.2) is 30.2 Å². The third kappa shape index (κ3) is 1.52. The van der Waals surface area contributed by atoms with E-state index in [2.05, 4.69) is 13.8 Å². The summed E-state index contributed by atoms with van der Waals surface area (Å²) in [5.41, 5.74) is 0.00762. The molecule has 0 aromatic carbocycles. The minimum absolute atomic E-state index is 0.00762. The Labute approximate surface area is 103 Å². The second kappa shape index (κ2) is 3.94. The Morgan fingerprint density at radius 3 is 2.53 bits per heavy atom. The number of fused-ring (bicyclic) bond motifs is 2. The van der Waals surface area contributed by atoms with Crippen LogP contribution in [0, 0.1) is 17.3 Å². The van der Waals surface area contributed by atoms with Gasteiger partial charge in [0.05, 0.1) is 19.3 Å². The van der Waals surface area contributed by atoms with Gasteiger partial charge < -0.3 is 14.6 Å². The zero-order valence-corrected chi connectivity index (χ0v) is 10.9. The van der Waals surface area contributed by atoms with Gasteiger partial charge in [-0.1, -0.05) is 13.8 Å². The molecule has 2 saturated carbocycles. The third-order valence-electron chi connectivity index (χ3n) is 5.58. The lowest BCUT2D eigenvalue weighted by Crippen LogP contribution is -2.60. The zero-order valence-electron chi connectivity index (χ0n) is 10.9. The fourth-order valence-corrected chi connectivity index (χ4v) is 4.39. The first-order chi connectivity index (χ1) is 8.09. The molecule has 0 aromatic heterocycles. The van der Waals surface area contributed by atoms with Gasteiger partial charge >= 0.3 is 0 Å². The van der Waals surface area contributed by atoms with E-state index < -0.39 is 5.79 Å². The Balaban J connectivity index is 1.94. The van der Waals surface area contributed by atoms with Crippen LogP contribution in [0.4, 0.5) is 0 Å². The molecule has 1 spiro atoms. The minimum atomic E-state index is -0.392. The second-order valence-corrected chi connectivity index (χ2v) is 6.37. The molecule has 0 radical (unpaired) electrons. The molecule has 2 aliphatic carbocycles. The number of aliphatic hydroxyl groups excluding tert-OH is 1. The lowest BCUT2D eigenvalue weighted by Gasteiger charge is -2.57. The van der Waals surface area contributed by atoms with Crippen LogP contribution in [0.5, 0.6) is 0 Å². The van der Waals surface area contributed by atoms with E-state index in [9.17, 15) is 5.11 Å². The summed E-state index contributed by atoms with van der Waals surface area (Å²) in [5, 5.41) is 10.5. The van der Waals surface area contributed by atoms with E-state index in [1.54, 1.807) is 0 Å². The Morgan fingerprint density at radius 1 is 1.12 bits per heavy atom. The van der Waals surface area contributed by atoms with E-state index in [-0.39, 0.29) is 11.5 Å². The highest BCUT2D eigenvalue weighted by Crippen LogP contribution is 2.59. The molecule has 1 N–H and O–H groups in total. The van der Waals surface area contributed by atoms with Crippen LogP contribution in [0.15, 0.2) is 0 Å². The lowest BCUT2D eigenvalue weighted by molar-refractivity contribution is -0.291. The summed E-state index contributed by atoms with van der Waals surface area (Å²) in [6.07, 6.45) is 5.26. The molecule has 3 nitrogen and oxygen atoms in total. The first kappa shape index (κ1) is 11.9. The molecular weight excluding hydrogens is 216 g/mol. The molecule has 0 unspecified atom stereocenters. The van der Waals surface area contributed by atoms with Crippen molar-refractivity contribution in [3.63, 3.8) is 0 Å². The van der Waals surface area contributed by atoms with Gasteiger partial charge in [-0.3, -0.25) is 0 Å². The summed E-state index contributed by atoms with van der Waals surface area (Å²) in [7, 11) is 0. The van der Waals surface area contributed by atoms with Gasteiger partial charge in [0.2, 0.25) is 0 Å². The van der Waals surface area contributed by atoms with Crippen molar-refractivity contribution in [3.05, 3.63) is 0 Å². The van der Waals surface area contributed by atoms with Crippen LogP contribution >= 0.6 is 0 Å². The average Bonchev–Trinajstić information content (AvgIpc) is 2.78. The summed E-state index contributed by atoms with van der Waals surface area (Å²) in [6, 6.07) is 0. The van der Waals surface area contributed by atoms with Crippen LogP contribution in [0.3, 0.4) is 0 Å². The maximum atomic E-state index is 10.5. The van der Waals surface area contributed by atoms with Crippen LogP contribution in [-0.2, 0) is 9.47 Å². The molecule has 1 heterocycles. The van der Waals surface area contributed by atoms with Crippen LogP contribution in [0.2, 0.25) is 0 Å². The fourth-order valence-electron chi connectivity index (χ4n) is 4.39. The van der Waals surface area contributed by atoms with E-state index in [0.29, 0.717) is 25.0 Å². The Hall–Kier alpha value is -0.120. The summed E-state index contributed by atoms with van der Waals surface area (Å²) in [4.78, 5) is 0. The predicted molar refractivity (Wildman–Crippen MR) is 64.5 cm³/mol. The highest BCUT2D eigenvalue weighted by Gasteiger charge is 2.61. The standard InChI is InChI=1S/C14H24O3/c1-10-5-7-13(2)11(12(10)15)4-3-6-14(13)16-8-9-17-14/h10-12,15H,3-9H2,1-2H3/t10-,11-,12+,13-/m0/s1. The van der Waals surface area contributed by atoms with Crippen molar-refractivity contribution in [1.29, 1.82) is 0 Å². The summed E-state index contributed by atoms with van der Waals surface area (Å²) in [5.74, 6) is 0.375. The van der Waals surface area contributed by atoms with Gasteiger partial charge in [-0.15, -0.1) is 0 Å². The monoisotopic (exact) mass is 240 g/mol. The summed E-state index contributed by atoms with van der Waals surface area (Å²) in [6.45, 7) is 5.88. The van der Waals surface area contributed by atoms with Gasteiger partial charge in [0.1, 0.15) is 0 Å². The second-order valence-electron chi connectivity index (χ2n) is 6.37. The molecule has 1 aliphatic heterocycles. The highest BCUT2D eigenvalue weighted by molar-refractivity contribution is 5.05. The predicted octanol–water partition coefficient (Wildman–Crippen LogP) is 2.33. The first-order valence-electron chi connectivity index (χ1n) is 7.05. The van der Waals surface area contributed by atoms with Crippen molar-refractivity contribution < 1.29 is 14.6 Å². The molecule has 0 bridgehead atoms. The number of rotatable bonds is 0. The molecular formula is C14H24O3. The zero-order chi connectivity index (χ0) is 12.1. The number of hydrogen-bond acceptors (Lipinski definition) is 3. The fraction of sp³-hybridized carbons (Fsp3) is 1.00. The van der Waals surface area contributed by atoms with Crippen LogP contribution in [0.25, 0.3) is 0 Å². The topological polar surface area (TPSA) is 38.7 Å². The van der Waals surface area contributed by atoms with Gasteiger partial charge in [0.15, 0.2) is 5.79 Å². The Bertz CT molecular complexity index is 298. The third-order valence-corrected chi connectivity index (χ3v) is 5.58. The maximum absolute atomic E-state index is 10.5. The van der Waals surface area contributed by atoms with Crippen molar-refractivity contribution in [2.45, 2.75) is 57.8 Å². The first-order valence-corrected chi connectivity index (χ1v) is 7.05. The van der Waals surface area contributed by atoms with E-state index in [4.69, 9.17) is 9.47 Å². The quantitative estimate of drug-likeness (QED) is 0.706. The minimum Gasteiger partial charge on any atom is -0.393 e. The largest absolute Gasteiger partial charge is 0.393 e. The molecule has 3 fully saturated rings. The molecule has 98 valence electrons. The van der Waals surface area contributed by atoms with Crippen molar-refractivity contribution in [3.8, 4) is 0 Å². The van der Waals surface area contributed by atoms with Gasteiger partial charge in [-0.25, -0.2) is 0 Å². The van der Waals surface area contributed by atoms with Gasteiger partial charge in [0, 0.05) is 11.8 Å². The molecule has 1 saturated heterocycles. The van der Waals surface area contributed by atoms with E-state index in [0.717, 1.165) is 32.1 Å². The van der Waals surface area contributed by atoms with E-state index >= 15 is 0 Å². The summed E-state index contributed by atoms with van der Waals surface area (Å²) >= 11 is 0. The van der Waals surface area contributed by atoms with Gasteiger partial charge in [0.25, 0.3) is 0 Å². The Kier molecular flexibility index (Phi) is 2.77. The molecule has 0 amide bonds. The lowest BCUT2D eigenvalue weighted by atomic mass is 9.54. The smallest absolute Gasteiger partial charge is 0.174 e. The van der Waals surface area contributed by atoms with Crippen molar-refractivity contribution in [2.75, 3.05) is 13.2 Å². The average molecular weight is 240 g/mol. The molecule has 0 aromatic rings. The number of ether oxygens (including phenoxy) is 2. The van der Waals surface area contributed by atoms with Crippen molar-refractivity contribution in [1.82, 2.24) is 0 Å². The molecule has 4 atom stereocenters. The van der Waals surface area contributed by atoms with Crippen LogP contribution < -0.4 is 0 Å². The maximum Gasteiger partial charge on any atom is 0.174 e. The van der Waals surface area contributed by atoms with E-state index in [1.165, 1.54) is 0 Å². The Morgan fingerprint density at radius 2 is 1.82 bits per heavy atom. The SMILES string of the molecule is C[C@H]1CC[C@@]2(C)[C@@H](CCCC23OCCO3)[C@@H]1O. The van der Waals surface area contributed by atoms with E-state index in [1.807, 2.05) is 0 Å². The molecule has 17 heavy (non-hydrogen) atoms. The van der Waals surface area contributed by atoms with Gasteiger partial charge in [-0.2, -0.15) is 0 Å². The summed E-state index contributed by atoms with van der Waals surface area (Å²) < 4.78 is 12.0. The highest BCUT2D eigenvalue weighted by atomic mass is 16.7. The molecule has 3 heteroatoms. The normalized spacial score (nSPS) is 49.2. The van der Waals surface area contributed by atoms with Crippen LogP contribution in [0.1, 0.15) is 46.0 Å². The number of aliphatic hydroxyl groups is 1. The molecule has 3 rings (SSSR count). The van der Waals surface area contributed by atoms with Gasteiger partial charge in [-0.05, 0) is 37.5 Å².